The van der Waals surface area contributed by atoms with E-state index in [1.165, 1.54) is 11.8 Å². The van der Waals surface area contributed by atoms with Gasteiger partial charge in [-0.15, -0.1) is 10.2 Å². The molecule has 0 saturated heterocycles. The number of carbonyl (C=O) groups is 1. The Bertz CT molecular complexity index is 1060. The number of aromatic nitrogens is 5. The molecule has 0 saturated carbocycles. The van der Waals surface area contributed by atoms with E-state index in [1.54, 1.807) is 22.6 Å². The number of ether oxygens (including phenoxy) is 2. The third kappa shape index (κ3) is 4.32. The molecular weight excluding hydrogens is 408 g/mol. The molecule has 3 heterocycles. The highest BCUT2D eigenvalue weighted by Gasteiger charge is 2.17. The normalized spacial score (nSPS) is 12.6. The molecule has 1 amide bonds. The smallest absolute Gasteiger partial charge is 0.261 e. The van der Waals surface area contributed by atoms with Crippen LogP contribution in [-0.4, -0.2) is 62.5 Å². The third-order valence-corrected chi connectivity index (χ3v) is 5.00. The highest BCUT2D eigenvalue weighted by Crippen LogP contribution is 2.32. The van der Waals surface area contributed by atoms with Gasteiger partial charge in [0.25, 0.3) is 5.78 Å². The highest BCUT2D eigenvalue weighted by atomic mass is 32.2. The summed E-state index contributed by atoms with van der Waals surface area (Å²) in [5.74, 6) is 2.72. The lowest BCUT2D eigenvalue weighted by atomic mass is 10.2. The highest BCUT2D eigenvalue weighted by molar-refractivity contribution is 7.99. The first-order valence-electron chi connectivity index (χ1n) is 9.61. The first-order valence-corrected chi connectivity index (χ1v) is 10.6. The number of nitrogens with one attached hydrogen (secondary N) is 3. The maximum absolute atomic E-state index is 12.4. The zero-order valence-electron chi connectivity index (χ0n) is 16.6. The first kappa shape index (κ1) is 20.0. The van der Waals surface area contributed by atoms with Crippen molar-refractivity contribution in [2.45, 2.75) is 19.0 Å². The van der Waals surface area contributed by atoms with Crippen LogP contribution in [0.3, 0.4) is 0 Å². The number of amides is 1. The average Bonchev–Trinajstić information content (AvgIpc) is 3.16. The Morgan fingerprint density at radius 2 is 1.90 bits per heavy atom. The van der Waals surface area contributed by atoms with E-state index in [9.17, 15) is 4.79 Å². The molecule has 30 heavy (non-hydrogen) atoms. The summed E-state index contributed by atoms with van der Waals surface area (Å²) in [7, 11) is 0. The Morgan fingerprint density at radius 1 is 1.10 bits per heavy atom. The Balaban J connectivity index is 1.46. The van der Waals surface area contributed by atoms with Crippen LogP contribution < -0.4 is 25.4 Å². The van der Waals surface area contributed by atoms with Gasteiger partial charge in [0.05, 0.1) is 5.75 Å². The molecule has 1 aromatic carbocycles. The lowest BCUT2D eigenvalue weighted by Crippen LogP contribution is -2.17. The molecule has 158 valence electrons. The predicted octanol–water partition coefficient (Wildman–Crippen LogP) is 1.88. The summed E-state index contributed by atoms with van der Waals surface area (Å²) >= 11 is 1.25. The molecule has 0 fully saturated rings. The van der Waals surface area contributed by atoms with Crippen LogP contribution >= 0.6 is 11.8 Å². The zero-order chi connectivity index (χ0) is 20.9. The van der Waals surface area contributed by atoms with Crippen molar-refractivity contribution in [3.05, 3.63) is 18.2 Å². The molecule has 0 radical (unpaired) electrons. The van der Waals surface area contributed by atoms with E-state index in [0.717, 1.165) is 0 Å². The summed E-state index contributed by atoms with van der Waals surface area (Å²) in [4.78, 5) is 21.3. The van der Waals surface area contributed by atoms with Crippen molar-refractivity contribution in [2.75, 3.05) is 48.0 Å². The fourth-order valence-corrected chi connectivity index (χ4v) is 3.57. The van der Waals surface area contributed by atoms with Crippen molar-refractivity contribution in [3.63, 3.8) is 0 Å². The maximum Gasteiger partial charge on any atom is 0.261 e. The van der Waals surface area contributed by atoms with Crippen LogP contribution in [0.1, 0.15) is 13.8 Å². The number of hydrogen-bond donors (Lipinski definition) is 3. The SMILES string of the molecule is CCNc1nc(NCC)n2c(SCC(=O)Nc3ccc4c(c3)OCCO4)nnc2n1. The number of thioether (sulfide) groups is 1. The number of hydrogen-bond acceptors (Lipinski definition) is 10. The van der Waals surface area contributed by atoms with Gasteiger partial charge in [0.2, 0.25) is 17.8 Å². The lowest BCUT2D eigenvalue weighted by molar-refractivity contribution is -0.113. The summed E-state index contributed by atoms with van der Waals surface area (Å²) in [6.45, 7) is 6.31. The van der Waals surface area contributed by atoms with E-state index >= 15 is 0 Å². The van der Waals surface area contributed by atoms with Crippen LogP contribution in [0, 0.1) is 0 Å². The lowest BCUT2D eigenvalue weighted by Gasteiger charge is -2.18. The summed E-state index contributed by atoms with van der Waals surface area (Å²) in [6, 6.07) is 5.32. The van der Waals surface area contributed by atoms with Crippen molar-refractivity contribution in [1.29, 1.82) is 0 Å². The Labute approximate surface area is 177 Å². The number of carbonyl (C=O) groups excluding carboxylic acids is 1. The minimum atomic E-state index is -0.177. The van der Waals surface area contributed by atoms with Crippen LogP contribution in [-0.2, 0) is 4.79 Å². The fraction of sp³-hybridized carbons (Fsp3) is 0.389. The predicted molar refractivity (Wildman–Crippen MR) is 114 cm³/mol. The number of anilines is 3. The van der Waals surface area contributed by atoms with Crippen LogP contribution in [0.5, 0.6) is 11.5 Å². The van der Waals surface area contributed by atoms with Crippen LogP contribution in [0.15, 0.2) is 23.4 Å². The maximum atomic E-state index is 12.4. The van der Waals surface area contributed by atoms with Crippen LogP contribution in [0.25, 0.3) is 5.78 Å². The second-order valence-corrected chi connectivity index (χ2v) is 7.19. The molecule has 2 aromatic heterocycles. The summed E-state index contributed by atoms with van der Waals surface area (Å²) in [5.41, 5.74) is 0.642. The van der Waals surface area contributed by atoms with E-state index in [4.69, 9.17) is 9.47 Å². The minimum Gasteiger partial charge on any atom is -0.486 e. The van der Waals surface area contributed by atoms with E-state index in [-0.39, 0.29) is 11.7 Å². The quantitative estimate of drug-likeness (QED) is 0.456. The molecule has 0 spiro atoms. The second kappa shape index (κ2) is 9.03. The van der Waals surface area contributed by atoms with E-state index in [2.05, 4.69) is 36.1 Å². The topological polar surface area (TPSA) is 128 Å². The molecule has 4 rings (SSSR count). The van der Waals surface area contributed by atoms with Crippen molar-refractivity contribution in [1.82, 2.24) is 24.6 Å². The molecule has 11 nitrogen and oxygen atoms in total. The van der Waals surface area contributed by atoms with Gasteiger partial charge in [0, 0.05) is 24.8 Å². The molecule has 0 atom stereocenters. The van der Waals surface area contributed by atoms with Crippen molar-refractivity contribution >= 4 is 41.0 Å². The largest absolute Gasteiger partial charge is 0.486 e. The molecule has 12 heteroatoms. The van der Waals surface area contributed by atoms with Crippen LogP contribution in [0.2, 0.25) is 0 Å². The molecular formula is C18H22N8O3S. The van der Waals surface area contributed by atoms with Gasteiger partial charge in [-0.1, -0.05) is 11.8 Å². The summed E-state index contributed by atoms with van der Waals surface area (Å²) < 4.78 is 12.7. The van der Waals surface area contributed by atoms with Gasteiger partial charge in [0.1, 0.15) is 13.2 Å². The van der Waals surface area contributed by atoms with E-state index in [1.807, 2.05) is 13.8 Å². The van der Waals surface area contributed by atoms with Crippen molar-refractivity contribution < 1.29 is 14.3 Å². The van der Waals surface area contributed by atoms with Gasteiger partial charge in [-0.2, -0.15) is 9.97 Å². The molecule has 0 unspecified atom stereocenters. The van der Waals surface area contributed by atoms with Gasteiger partial charge >= 0.3 is 0 Å². The Hall–Kier alpha value is -3.28. The molecule has 3 N–H and O–H groups in total. The number of benzene rings is 1. The minimum absolute atomic E-state index is 0.149. The Morgan fingerprint density at radius 3 is 2.70 bits per heavy atom. The van der Waals surface area contributed by atoms with Gasteiger partial charge in [-0.25, -0.2) is 4.40 Å². The number of rotatable bonds is 8. The van der Waals surface area contributed by atoms with Crippen LogP contribution in [0.4, 0.5) is 17.6 Å². The van der Waals surface area contributed by atoms with Gasteiger partial charge < -0.3 is 25.4 Å². The summed E-state index contributed by atoms with van der Waals surface area (Å²) in [5, 5.41) is 17.9. The monoisotopic (exact) mass is 430 g/mol. The average molecular weight is 430 g/mol. The van der Waals surface area contributed by atoms with Gasteiger partial charge in [-0.05, 0) is 26.0 Å². The molecule has 1 aliphatic rings. The molecule has 0 aliphatic carbocycles. The second-order valence-electron chi connectivity index (χ2n) is 6.24. The summed E-state index contributed by atoms with van der Waals surface area (Å²) in [6.07, 6.45) is 0. The number of fused-ring (bicyclic) bond motifs is 2. The van der Waals surface area contributed by atoms with Gasteiger partial charge in [0.15, 0.2) is 16.7 Å². The molecule has 0 bridgehead atoms. The standard InChI is InChI=1S/C18H22N8O3S/c1-3-19-15-22-16(20-4-2)26-17(23-15)24-25-18(26)30-10-14(27)21-11-5-6-12-13(9-11)29-8-7-28-12/h5-6,9H,3-4,7-8,10H2,1-2H3,(H,21,27)(H2,19,20,22,23,24). The first-order chi connectivity index (χ1) is 14.7. The third-order valence-electron chi connectivity index (χ3n) is 4.07. The molecule has 1 aliphatic heterocycles. The number of nitrogens with zero attached hydrogens (tertiary/aromatic N) is 5. The van der Waals surface area contributed by atoms with Crippen molar-refractivity contribution in [2.24, 2.45) is 0 Å². The van der Waals surface area contributed by atoms with E-state index < -0.39 is 0 Å². The fourth-order valence-electron chi connectivity index (χ4n) is 2.85. The van der Waals surface area contributed by atoms with Crippen molar-refractivity contribution in [3.8, 4) is 11.5 Å². The zero-order valence-corrected chi connectivity index (χ0v) is 17.5. The van der Waals surface area contributed by atoms with Gasteiger partial charge in [-0.3, -0.25) is 4.79 Å². The van der Waals surface area contributed by atoms with E-state index in [0.29, 0.717) is 66.3 Å². The Kier molecular flexibility index (Phi) is 6.02. The molecule has 3 aromatic rings.